The highest BCUT2D eigenvalue weighted by atomic mass is 16.3. The molecule has 0 spiro atoms. The summed E-state index contributed by atoms with van der Waals surface area (Å²) in [5.41, 5.74) is 0.00634. The zero-order chi connectivity index (χ0) is 14.2. The normalized spacial score (nSPS) is 19.2. The van der Waals surface area contributed by atoms with Crippen LogP contribution in [0.3, 0.4) is 0 Å². The molecule has 7 nitrogen and oxygen atoms in total. The number of carbonyl (C=O) groups excluding carboxylic acids is 3. The van der Waals surface area contributed by atoms with Crippen molar-refractivity contribution in [2.45, 2.75) is 13.0 Å². The van der Waals surface area contributed by atoms with Crippen LogP contribution in [0.25, 0.3) is 0 Å². The molecule has 1 saturated heterocycles. The maximum Gasteiger partial charge on any atom is 0.255 e. The Balaban J connectivity index is 2.32. The summed E-state index contributed by atoms with van der Waals surface area (Å²) in [5.74, 6) is -2.29. The van der Waals surface area contributed by atoms with Crippen LogP contribution in [0, 0.1) is 0 Å². The van der Waals surface area contributed by atoms with Crippen LogP contribution in [0.2, 0.25) is 0 Å². The lowest BCUT2D eigenvalue weighted by molar-refractivity contribution is -0.138. The van der Waals surface area contributed by atoms with Crippen molar-refractivity contribution in [1.82, 2.24) is 10.2 Å². The summed E-state index contributed by atoms with van der Waals surface area (Å²) in [6, 6.07) is 2.60. The Kier molecular flexibility index (Phi) is 3.12. The molecule has 1 aromatic rings. The summed E-state index contributed by atoms with van der Waals surface area (Å²) in [7, 11) is 0. The minimum absolute atomic E-state index is 0.00634. The molecule has 1 heterocycles. The van der Waals surface area contributed by atoms with E-state index in [-0.39, 0.29) is 23.6 Å². The van der Waals surface area contributed by atoms with Crippen LogP contribution in [-0.2, 0) is 9.59 Å². The molecule has 19 heavy (non-hydrogen) atoms. The van der Waals surface area contributed by atoms with Crippen molar-refractivity contribution in [2.75, 3.05) is 6.54 Å². The Bertz CT molecular complexity index is 549. The number of piperazine rings is 1. The fraction of sp³-hybridized carbons (Fsp3) is 0.250. The van der Waals surface area contributed by atoms with E-state index in [2.05, 4.69) is 5.32 Å². The van der Waals surface area contributed by atoms with Gasteiger partial charge in [-0.15, -0.1) is 0 Å². The monoisotopic (exact) mass is 264 g/mol. The molecule has 1 aliphatic heterocycles. The number of hydrogen-bond donors (Lipinski definition) is 3. The molecule has 1 aromatic carbocycles. The lowest BCUT2D eigenvalue weighted by atomic mass is 10.1. The van der Waals surface area contributed by atoms with E-state index in [0.717, 1.165) is 23.1 Å². The highest BCUT2D eigenvalue weighted by Gasteiger charge is 2.34. The number of rotatable bonds is 1. The van der Waals surface area contributed by atoms with Gasteiger partial charge in [0, 0.05) is 11.6 Å². The van der Waals surface area contributed by atoms with Gasteiger partial charge in [-0.25, -0.2) is 0 Å². The van der Waals surface area contributed by atoms with E-state index in [1.165, 1.54) is 6.92 Å². The summed E-state index contributed by atoms with van der Waals surface area (Å²) in [5, 5.41) is 20.8. The lowest BCUT2D eigenvalue weighted by Crippen LogP contribution is -2.58. The van der Waals surface area contributed by atoms with Crippen molar-refractivity contribution in [3.8, 4) is 11.5 Å². The molecule has 3 amide bonds. The van der Waals surface area contributed by atoms with Gasteiger partial charge in [0.25, 0.3) is 5.91 Å². The summed E-state index contributed by atoms with van der Waals surface area (Å²) >= 11 is 0. The van der Waals surface area contributed by atoms with Gasteiger partial charge in [-0.1, -0.05) is 0 Å². The van der Waals surface area contributed by atoms with Crippen LogP contribution in [0.4, 0.5) is 0 Å². The van der Waals surface area contributed by atoms with Gasteiger partial charge in [0.1, 0.15) is 24.1 Å². The van der Waals surface area contributed by atoms with Gasteiger partial charge in [0.05, 0.1) is 0 Å². The minimum atomic E-state index is -0.797. The zero-order valence-corrected chi connectivity index (χ0v) is 10.1. The van der Waals surface area contributed by atoms with Gasteiger partial charge < -0.3 is 15.1 Å². The highest BCUT2D eigenvalue weighted by molar-refractivity contribution is 6.07. The average Bonchev–Trinajstić information content (AvgIpc) is 2.31. The van der Waals surface area contributed by atoms with Crippen molar-refractivity contribution in [3.63, 3.8) is 0 Å². The Hall–Kier alpha value is -2.57. The number of benzene rings is 1. The summed E-state index contributed by atoms with van der Waals surface area (Å²) < 4.78 is 0. The first-order chi connectivity index (χ1) is 8.88. The third kappa shape index (κ3) is 2.49. The van der Waals surface area contributed by atoms with E-state index >= 15 is 0 Å². The molecule has 3 N–H and O–H groups in total. The van der Waals surface area contributed by atoms with E-state index in [0.29, 0.717) is 0 Å². The quantitative estimate of drug-likeness (QED) is 0.597. The molecule has 100 valence electrons. The van der Waals surface area contributed by atoms with Crippen molar-refractivity contribution in [2.24, 2.45) is 0 Å². The van der Waals surface area contributed by atoms with Gasteiger partial charge in [-0.05, 0) is 19.1 Å². The van der Waals surface area contributed by atoms with E-state index in [4.69, 9.17) is 0 Å². The van der Waals surface area contributed by atoms with Gasteiger partial charge in [-0.2, -0.15) is 0 Å². The number of nitrogens with zero attached hydrogens (tertiary/aromatic N) is 1. The van der Waals surface area contributed by atoms with Gasteiger partial charge >= 0.3 is 0 Å². The van der Waals surface area contributed by atoms with Gasteiger partial charge in [0.15, 0.2) is 0 Å². The number of hydrogen-bond acceptors (Lipinski definition) is 5. The molecule has 0 aromatic heterocycles. The molecule has 1 fully saturated rings. The molecule has 0 radical (unpaired) electrons. The Morgan fingerprint density at radius 1 is 1.26 bits per heavy atom. The van der Waals surface area contributed by atoms with Crippen LogP contribution >= 0.6 is 0 Å². The second-order valence-corrected chi connectivity index (χ2v) is 4.26. The van der Waals surface area contributed by atoms with Crippen LogP contribution in [0.1, 0.15) is 17.3 Å². The third-order valence-electron chi connectivity index (χ3n) is 2.83. The number of imide groups is 1. The van der Waals surface area contributed by atoms with Gasteiger partial charge in [-0.3, -0.25) is 19.7 Å². The first-order valence-corrected chi connectivity index (χ1v) is 5.56. The molecule has 1 unspecified atom stereocenters. The first kappa shape index (κ1) is 12.9. The smallest absolute Gasteiger partial charge is 0.255 e. The van der Waals surface area contributed by atoms with E-state index in [9.17, 15) is 24.6 Å². The summed E-state index contributed by atoms with van der Waals surface area (Å²) in [6.45, 7) is 1.24. The average molecular weight is 264 g/mol. The van der Waals surface area contributed by atoms with E-state index in [1.807, 2.05) is 0 Å². The second-order valence-electron chi connectivity index (χ2n) is 4.26. The van der Waals surface area contributed by atoms with Crippen LogP contribution in [0.15, 0.2) is 18.2 Å². The molecule has 0 saturated carbocycles. The standard InChI is InChI=1S/C12H12N2O5/c1-6-11(18)13-10(17)5-14(6)12(19)7-2-8(15)4-9(16)3-7/h2-4,6,15-16H,5H2,1H3,(H,13,17,18). The highest BCUT2D eigenvalue weighted by Crippen LogP contribution is 2.22. The molecule has 1 aliphatic rings. The molecule has 7 heteroatoms. The topological polar surface area (TPSA) is 107 Å². The lowest BCUT2D eigenvalue weighted by Gasteiger charge is -2.31. The van der Waals surface area contributed by atoms with Crippen molar-refractivity contribution in [3.05, 3.63) is 23.8 Å². The number of aromatic hydroxyl groups is 2. The number of amides is 3. The number of nitrogens with one attached hydrogen (secondary N) is 1. The largest absolute Gasteiger partial charge is 0.508 e. The molecule has 2 rings (SSSR count). The summed E-state index contributed by atoms with van der Waals surface area (Å²) in [6.07, 6.45) is 0. The maximum absolute atomic E-state index is 12.2. The number of phenolic OH excluding ortho intramolecular Hbond substituents is 2. The second kappa shape index (κ2) is 4.60. The molecular weight excluding hydrogens is 252 g/mol. The Labute approximate surface area is 108 Å². The minimum Gasteiger partial charge on any atom is -0.508 e. The molecule has 0 bridgehead atoms. The predicted octanol–water partition coefficient (Wildman–Crippen LogP) is -0.415. The third-order valence-corrected chi connectivity index (χ3v) is 2.83. The number of carbonyl (C=O) groups is 3. The molecular formula is C12H12N2O5. The predicted molar refractivity (Wildman–Crippen MR) is 63.4 cm³/mol. The Morgan fingerprint density at radius 2 is 1.84 bits per heavy atom. The SMILES string of the molecule is CC1C(=O)NC(=O)CN1C(=O)c1cc(O)cc(O)c1. The molecule has 0 aliphatic carbocycles. The Morgan fingerprint density at radius 3 is 2.42 bits per heavy atom. The zero-order valence-electron chi connectivity index (χ0n) is 10.1. The fourth-order valence-corrected chi connectivity index (χ4v) is 1.85. The van der Waals surface area contributed by atoms with Crippen LogP contribution < -0.4 is 5.32 Å². The van der Waals surface area contributed by atoms with E-state index in [1.54, 1.807) is 0 Å². The van der Waals surface area contributed by atoms with Crippen molar-refractivity contribution >= 4 is 17.7 Å². The van der Waals surface area contributed by atoms with Crippen LogP contribution in [0.5, 0.6) is 11.5 Å². The van der Waals surface area contributed by atoms with Crippen LogP contribution in [-0.4, -0.2) is 45.4 Å². The number of phenols is 2. The van der Waals surface area contributed by atoms with Crippen molar-refractivity contribution in [1.29, 1.82) is 0 Å². The first-order valence-electron chi connectivity index (χ1n) is 5.56. The van der Waals surface area contributed by atoms with Crippen molar-refractivity contribution < 1.29 is 24.6 Å². The maximum atomic E-state index is 12.2. The fourth-order valence-electron chi connectivity index (χ4n) is 1.85. The van der Waals surface area contributed by atoms with E-state index < -0.39 is 23.8 Å². The molecule has 1 atom stereocenters. The summed E-state index contributed by atoms with van der Waals surface area (Å²) in [4.78, 5) is 36.0. The van der Waals surface area contributed by atoms with Gasteiger partial charge in [0.2, 0.25) is 11.8 Å².